The first-order valence-electron chi connectivity index (χ1n) is 10.4. The summed E-state index contributed by atoms with van der Waals surface area (Å²) >= 11 is 0. The van der Waals surface area contributed by atoms with Crippen LogP contribution < -0.4 is 0 Å². The van der Waals surface area contributed by atoms with E-state index in [0.29, 0.717) is 11.1 Å². The van der Waals surface area contributed by atoms with E-state index in [1.54, 1.807) is 36.4 Å². The fraction of sp³-hybridized carbons (Fsp3) is 0. The van der Waals surface area contributed by atoms with Gasteiger partial charge in [0.25, 0.3) is 0 Å². The van der Waals surface area contributed by atoms with Crippen LogP contribution in [0.1, 0.15) is 20.7 Å². The predicted octanol–water partition coefficient (Wildman–Crippen LogP) is 6.37. The minimum Gasteiger partial charge on any atom is -0.243 e. The van der Waals surface area contributed by atoms with Crippen LogP contribution in [-0.2, 0) is 19.6 Å². The highest BCUT2D eigenvalue weighted by Crippen LogP contribution is 2.25. The second-order valence-electron chi connectivity index (χ2n) is 7.10. The van der Waals surface area contributed by atoms with Crippen LogP contribution in [-0.4, -0.2) is 11.9 Å². The molecular weight excluding hydrogens is 432 g/mol. The lowest BCUT2D eigenvalue weighted by Gasteiger charge is -2.11. The van der Waals surface area contributed by atoms with E-state index >= 15 is 0 Å². The first kappa shape index (κ1) is 22.4. The summed E-state index contributed by atoms with van der Waals surface area (Å²) in [6, 6.07) is 32.6. The molecule has 0 bridgehead atoms. The molecule has 0 aromatic heterocycles. The van der Waals surface area contributed by atoms with Gasteiger partial charge in [0.2, 0.25) is 0 Å². The van der Waals surface area contributed by atoms with Gasteiger partial charge in [-0.3, -0.25) is 0 Å². The molecule has 0 unspecified atom stereocenters. The Morgan fingerprint density at radius 2 is 0.824 bits per heavy atom. The highest BCUT2D eigenvalue weighted by atomic mass is 17.3. The fourth-order valence-electron chi connectivity index (χ4n) is 3.33. The van der Waals surface area contributed by atoms with Crippen molar-refractivity contribution in [1.82, 2.24) is 0 Å². The highest BCUT2D eigenvalue weighted by molar-refractivity contribution is 5.97. The van der Waals surface area contributed by atoms with Gasteiger partial charge in [-0.05, 0) is 41.0 Å². The van der Waals surface area contributed by atoms with Crippen LogP contribution in [0.4, 0.5) is 0 Å². The summed E-state index contributed by atoms with van der Waals surface area (Å²) in [6.45, 7) is 3.45. The zero-order valence-corrected chi connectivity index (χ0v) is 18.0. The Bertz CT molecular complexity index is 1200. The summed E-state index contributed by atoms with van der Waals surface area (Å²) in [5.41, 5.74) is 3.61. The lowest BCUT2D eigenvalue weighted by Crippen LogP contribution is -2.11. The Kier molecular flexibility index (Phi) is 7.00. The van der Waals surface area contributed by atoms with Crippen molar-refractivity contribution in [1.29, 1.82) is 0 Å². The van der Waals surface area contributed by atoms with Gasteiger partial charge in [-0.15, -0.1) is 0 Å². The largest absolute Gasteiger partial charge is 0.386 e. The maximum Gasteiger partial charge on any atom is 0.386 e. The summed E-state index contributed by atoms with van der Waals surface area (Å²) in [5.74, 6) is -2.04. The van der Waals surface area contributed by atoms with E-state index in [0.717, 1.165) is 11.1 Å². The molecule has 6 heteroatoms. The van der Waals surface area contributed by atoms with E-state index < -0.39 is 17.9 Å². The second kappa shape index (κ2) is 10.7. The molecule has 4 aromatic carbocycles. The van der Waals surface area contributed by atoms with Crippen molar-refractivity contribution >= 4 is 11.9 Å². The van der Waals surface area contributed by atoms with Crippen LogP contribution in [0.2, 0.25) is 0 Å². The van der Waals surface area contributed by atoms with Crippen molar-refractivity contribution in [3.05, 3.63) is 133 Å². The zero-order chi connectivity index (χ0) is 23.8. The summed E-state index contributed by atoms with van der Waals surface area (Å²) < 4.78 is 0. The van der Waals surface area contributed by atoms with Gasteiger partial charge in [0, 0.05) is 0 Å². The average Bonchev–Trinajstić information content (AvgIpc) is 2.91. The molecule has 0 aliphatic carbocycles. The monoisotopic (exact) mass is 452 g/mol. The fourth-order valence-corrected chi connectivity index (χ4v) is 3.33. The second-order valence-corrected chi connectivity index (χ2v) is 7.10. The van der Waals surface area contributed by atoms with Crippen LogP contribution in [0.5, 0.6) is 0 Å². The minimum atomic E-state index is -0.759. The third-order valence-electron chi connectivity index (χ3n) is 4.88. The van der Waals surface area contributed by atoms with E-state index in [2.05, 4.69) is 6.58 Å². The van der Waals surface area contributed by atoms with Gasteiger partial charge in [-0.25, -0.2) is 29.1 Å². The number of rotatable bonds is 8. The Morgan fingerprint density at radius 3 is 1.24 bits per heavy atom. The van der Waals surface area contributed by atoms with Gasteiger partial charge >= 0.3 is 17.9 Å². The number of carbonyl (C=O) groups is 2. The van der Waals surface area contributed by atoms with E-state index in [4.69, 9.17) is 19.6 Å². The molecule has 0 saturated heterocycles. The Hall–Kier alpha value is -4.84. The smallest absolute Gasteiger partial charge is 0.243 e. The summed E-state index contributed by atoms with van der Waals surface area (Å²) in [4.78, 5) is 44.4. The van der Waals surface area contributed by atoms with E-state index in [1.807, 2.05) is 72.8 Å². The van der Waals surface area contributed by atoms with Crippen LogP contribution in [0.3, 0.4) is 0 Å². The first-order valence-corrected chi connectivity index (χ1v) is 10.4. The standard InChI is InChI=1S/C28H20O6/c1-20(31-33-27(29)25-18-10-8-16-23(25)21-12-4-2-5-13-21)32-34-28(30)26-19-11-9-17-24(26)22-14-6-3-7-15-22/h2-19H,1H2. The number of carbonyl (C=O) groups excluding carboxylic acids is 2. The molecular formula is C28H20O6. The van der Waals surface area contributed by atoms with E-state index in [-0.39, 0.29) is 11.1 Å². The minimum absolute atomic E-state index is 0.287. The number of benzene rings is 4. The molecule has 34 heavy (non-hydrogen) atoms. The summed E-state index contributed by atoms with van der Waals surface area (Å²) in [7, 11) is 0. The molecule has 0 radical (unpaired) electrons. The summed E-state index contributed by atoms with van der Waals surface area (Å²) in [6.07, 6.45) is 0. The molecule has 0 fully saturated rings. The maximum absolute atomic E-state index is 12.6. The molecule has 0 N–H and O–H groups in total. The summed E-state index contributed by atoms with van der Waals surface area (Å²) in [5, 5.41) is 0. The Balaban J connectivity index is 1.36. The van der Waals surface area contributed by atoms with Gasteiger partial charge < -0.3 is 0 Å². The van der Waals surface area contributed by atoms with Crippen molar-refractivity contribution < 1.29 is 29.1 Å². The molecule has 6 nitrogen and oxygen atoms in total. The highest BCUT2D eigenvalue weighted by Gasteiger charge is 2.18. The van der Waals surface area contributed by atoms with Gasteiger partial charge in [0.1, 0.15) is 0 Å². The average molecular weight is 452 g/mol. The van der Waals surface area contributed by atoms with Gasteiger partial charge in [0.15, 0.2) is 0 Å². The molecule has 0 aliphatic heterocycles. The molecule has 0 heterocycles. The number of hydrogen-bond acceptors (Lipinski definition) is 6. The first-order chi connectivity index (χ1) is 16.6. The molecule has 4 aromatic rings. The molecule has 4 rings (SSSR count). The molecule has 0 atom stereocenters. The number of hydrogen-bond donors (Lipinski definition) is 0. The molecule has 0 amide bonds. The van der Waals surface area contributed by atoms with Gasteiger partial charge in [-0.1, -0.05) is 97.1 Å². The van der Waals surface area contributed by atoms with Crippen molar-refractivity contribution in [2.45, 2.75) is 0 Å². The quantitative estimate of drug-likeness (QED) is 0.176. The van der Waals surface area contributed by atoms with Crippen molar-refractivity contribution in [2.24, 2.45) is 0 Å². The van der Waals surface area contributed by atoms with E-state index in [9.17, 15) is 9.59 Å². The maximum atomic E-state index is 12.6. The van der Waals surface area contributed by atoms with Crippen molar-refractivity contribution in [3.8, 4) is 22.3 Å². The van der Waals surface area contributed by atoms with Crippen LogP contribution in [0, 0.1) is 0 Å². The van der Waals surface area contributed by atoms with Gasteiger partial charge in [0.05, 0.1) is 11.1 Å². The third-order valence-corrected chi connectivity index (χ3v) is 4.88. The molecule has 0 spiro atoms. The lowest BCUT2D eigenvalue weighted by atomic mass is 10.00. The Morgan fingerprint density at radius 1 is 0.471 bits per heavy atom. The molecule has 0 aliphatic rings. The molecule has 168 valence electrons. The van der Waals surface area contributed by atoms with Crippen molar-refractivity contribution in [2.75, 3.05) is 0 Å². The molecule has 0 saturated carbocycles. The van der Waals surface area contributed by atoms with Gasteiger partial charge in [-0.2, -0.15) is 0 Å². The van der Waals surface area contributed by atoms with Crippen LogP contribution in [0.25, 0.3) is 22.3 Å². The van der Waals surface area contributed by atoms with E-state index in [1.165, 1.54) is 0 Å². The topological polar surface area (TPSA) is 71.1 Å². The predicted molar refractivity (Wildman–Crippen MR) is 126 cm³/mol. The SMILES string of the molecule is C=C(OOC(=O)c1ccccc1-c1ccccc1)OOC(=O)c1ccccc1-c1ccccc1. The Labute approximate surface area is 196 Å². The van der Waals surface area contributed by atoms with Crippen molar-refractivity contribution in [3.63, 3.8) is 0 Å². The van der Waals surface area contributed by atoms with Crippen LogP contribution in [0.15, 0.2) is 122 Å². The van der Waals surface area contributed by atoms with Crippen LogP contribution >= 0.6 is 0 Å². The normalized spacial score (nSPS) is 10.1. The zero-order valence-electron chi connectivity index (χ0n) is 18.0. The lowest BCUT2D eigenvalue weighted by molar-refractivity contribution is -0.317. The third kappa shape index (κ3) is 5.31.